The second-order valence-corrected chi connectivity index (χ2v) is 11.1. The van der Waals surface area contributed by atoms with Crippen molar-refractivity contribution in [3.63, 3.8) is 0 Å². The summed E-state index contributed by atoms with van der Waals surface area (Å²) >= 11 is 0. The SMILES string of the molecule is C=C(NC[C@H]1CN(c2cc(F)c(N3CCN(C(=O)[C@@H](NC(=O)c4cn5cccnc5n4)C(C)C)CC3)c(F)c2)C(=O)O1)OCC. The summed E-state index contributed by atoms with van der Waals surface area (Å²) in [7, 11) is 0. The molecule has 2 fully saturated rings. The molecule has 2 aromatic heterocycles. The van der Waals surface area contributed by atoms with Crippen molar-refractivity contribution in [1.82, 2.24) is 29.9 Å². The Kier molecular flexibility index (Phi) is 9.34. The van der Waals surface area contributed by atoms with Gasteiger partial charge in [0.2, 0.25) is 11.7 Å². The lowest BCUT2D eigenvalue weighted by atomic mass is 10.0. The van der Waals surface area contributed by atoms with Crippen LogP contribution in [-0.4, -0.2) is 95.2 Å². The van der Waals surface area contributed by atoms with E-state index in [1.165, 1.54) is 16.0 Å². The number of halogens is 2. The fourth-order valence-electron chi connectivity index (χ4n) is 5.32. The minimum atomic E-state index is -0.835. The predicted molar refractivity (Wildman–Crippen MR) is 161 cm³/mol. The number of ether oxygens (including phenoxy) is 2. The molecule has 3 amide bonds. The number of amides is 3. The zero-order chi connectivity index (χ0) is 32.2. The van der Waals surface area contributed by atoms with E-state index in [0.29, 0.717) is 18.3 Å². The molecule has 0 saturated carbocycles. The van der Waals surface area contributed by atoms with Gasteiger partial charge in [0, 0.05) is 56.9 Å². The van der Waals surface area contributed by atoms with Gasteiger partial charge in [-0.3, -0.25) is 18.9 Å². The lowest BCUT2D eigenvalue weighted by Gasteiger charge is -2.38. The summed E-state index contributed by atoms with van der Waals surface area (Å²) in [6, 6.07) is 3.09. The van der Waals surface area contributed by atoms with E-state index in [1.54, 1.807) is 27.8 Å². The summed E-state index contributed by atoms with van der Waals surface area (Å²) in [5.41, 5.74) is -0.0670. The quantitative estimate of drug-likeness (QED) is 0.308. The number of benzene rings is 1. The Morgan fingerprint density at radius 1 is 1.18 bits per heavy atom. The molecule has 4 heterocycles. The van der Waals surface area contributed by atoms with Crippen LogP contribution >= 0.6 is 0 Å². The average Bonchev–Trinajstić information content (AvgIpc) is 3.62. The number of anilines is 2. The molecule has 3 aromatic rings. The Balaban J connectivity index is 1.19. The first-order chi connectivity index (χ1) is 21.5. The van der Waals surface area contributed by atoms with Gasteiger partial charge in [-0.25, -0.2) is 23.5 Å². The molecule has 45 heavy (non-hydrogen) atoms. The number of imidazole rings is 1. The van der Waals surface area contributed by atoms with Crippen LogP contribution in [0, 0.1) is 17.6 Å². The summed E-state index contributed by atoms with van der Waals surface area (Å²) in [6.07, 6.45) is 3.54. The number of piperazine rings is 1. The van der Waals surface area contributed by atoms with Crippen LogP contribution < -0.4 is 20.4 Å². The van der Waals surface area contributed by atoms with Gasteiger partial charge in [0.15, 0.2) is 17.5 Å². The highest BCUT2D eigenvalue weighted by atomic mass is 19.1. The van der Waals surface area contributed by atoms with Crippen molar-refractivity contribution in [3.05, 3.63) is 66.6 Å². The van der Waals surface area contributed by atoms with Crippen LogP contribution in [0.1, 0.15) is 31.3 Å². The summed E-state index contributed by atoms with van der Waals surface area (Å²) in [5.74, 6) is -2.00. The molecule has 2 aliphatic heterocycles. The van der Waals surface area contributed by atoms with E-state index in [1.807, 2.05) is 20.8 Å². The Bertz CT molecular complexity index is 1530. The molecule has 13 nitrogen and oxygen atoms in total. The Hall–Kier alpha value is -4.95. The summed E-state index contributed by atoms with van der Waals surface area (Å²) < 4.78 is 42.8. The molecule has 2 aliphatic rings. The summed E-state index contributed by atoms with van der Waals surface area (Å²) in [6.45, 7) is 10.6. The van der Waals surface area contributed by atoms with Crippen molar-refractivity contribution in [1.29, 1.82) is 0 Å². The lowest BCUT2D eigenvalue weighted by molar-refractivity contribution is -0.134. The van der Waals surface area contributed by atoms with Crippen LogP contribution in [0.2, 0.25) is 0 Å². The highest BCUT2D eigenvalue weighted by Gasteiger charge is 2.35. The van der Waals surface area contributed by atoms with E-state index in [9.17, 15) is 14.4 Å². The zero-order valence-corrected chi connectivity index (χ0v) is 25.3. The number of carbonyl (C=O) groups is 3. The smallest absolute Gasteiger partial charge is 0.414 e. The maximum Gasteiger partial charge on any atom is 0.414 e. The van der Waals surface area contributed by atoms with E-state index in [2.05, 4.69) is 27.2 Å². The molecule has 2 atom stereocenters. The van der Waals surface area contributed by atoms with Crippen molar-refractivity contribution in [2.45, 2.75) is 32.9 Å². The third-order valence-electron chi connectivity index (χ3n) is 7.63. The Morgan fingerprint density at radius 3 is 2.53 bits per heavy atom. The maximum atomic E-state index is 15.3. The van der Waals surface area contributed by atoms with Gasteiger partial charge in [-0.1, -0.05) is 13.8 Å². The van der Waals surface area contributed by atoms with Gasteiger partial charge in [0.05, 0.1) is 25.4 Å². The minimum Gasteiger partial charge on any atom is -0.480 e. The normalized spacial score (nSPS) is 17.4. The van der Waals surface area contributed by atoms with E-state index in [-0.39, 0.29) is 68.2 Å². The van der Waals surface area contributed by atoms with Gasteiger partial charge in [-0.15, -0.1) is 0 Å². The average molecular weight is 627 g/mol. The highest BCUT2D eigenvalue weighted by Crippen LogP contribution is 2.31. The first-order valence-electron chi connectivity index (χ1n) is 14.7. The van der Waals surface area contributed by atoms with Crippen LogP contribution in [-0.2, 0) is 14.3 Å². The van der Waals surface area contributed by atoms with Crippen LogP contribution in [0.5, 0.6) is 0 Å². The number of aromatic nitrogens is 3. The summed E-state index contributed by atoms with van der Waals surface area (Å²) in [4.78, 5) is 51.5. The molecule has 0 spiro atoms. The predicted octanol–water partition coefficient (Wildman–Crippen LogP) is 2.53. The molecule has 0 aliphatic carbocycles. The van der Waals surface area contributed by atoms with Crippen LogP contribution in [0.3, 0.4) is 0 Å². The van der Waals surface area contributed by atoms with Crippen LogP contribution in [0.15, 0.2) is 49.3 Å². The number of hydrogen-bond donors (Lipinski definition) is 2. The number of carbonyl (C=O) groups excluding carboxylic acids is 3. The molecule has 0 bridgehead atoms. The lowest BCUT2D eigenvalue weighted by Crippen LogP contribution is -2.56. The molecule has 15 heteroatoms. The number of fused-ring (bicyclic) bond motifs is 1. The second-order valence-electron chi connectivity index (χ2n) is 11.1. The number of cyclic esters (lactones) is 1. The van der Waals surface area contributed by atoms with Crippen molar-refractivity contribution in [2.75, 3.05) is 55.7 Å². The summed E-state index contributed by atoms with van der Waals surface area (Å²) in [5, 5.41) is 5.70. The van der Waals surface area contributed by atoms with Crippen molar-refractivity contribution >= 4 is 35.1 Å². The van der Waals surface area contributed by atoms with E-state index >= 15 is 8.78 Å². The van der Waals surface area contributed by atoms with Gasteiger partial charge in [-0.2, -0.15) is 0 Å². The number of rotatable bonds is 11. The van der Waals surface area contributed by atoms with Crippen LogP contribution in [0.4, 0.5) is 25.0 Å². The van der Waals surface area contributed by atoms with E-state index in [0.717, 1.165) is 12.1 Å². The van der Waals surface area contributed by atoms with Crippen molar-refractivity contribution < 1.29 is 32.6 Å². The minimum absolute atomic E-state index is 0.0376. The number of hydrogen-bond acceptors (Lipinski definition) is 9. The van der Waals surface area contributed by atoms with E-state index in [4.69, 9.17) is 9.47 Å². The van der Waals surface area contributed by atoms with Gasteiger partial charge in [0.25, 0.3) is 5.91 Å². The number of nitrogens with zero attached hydrogens (tertiary/aromatic N) is 6. The topological polar surface area (TPSA) is 134 Å². The molecular formula is C30H36F2N8O5. The second kappa shape index (κ2) is 13.4. The molecule has 5 rings (SSSR count). The third-order valence-corrected chi connectivity index (χ3v) is 7.63. The highest BCUT2D eigenvalue weighted by molar-refractivity contribution is 5.96. The standard InChI is InChI=1S/C30H36F2N8O5/c1-5-44-19(4)34-15-21-16-40(30(43)45-21)20-13-22(31)26(23(32)14-20)37-9-11-38(12-10-37)28(42)25(18(2)3)36-27(41)24-17-39-8-6-7-33-29(39)35-24/h6-8,13-14,17-18,21,25,34H,4-5,9-12,15-16H2,1-3H3,(H,36,41)/t21-,25-/m0/s1. The third kappa shape index (κ3) is 6.91. The van der Waals surface area contributed by atoms with Gasteiger partial charge >= 0.3 is 6.09 Å². The Labute approximate surface area is 258 Å². The first-order valence-corrected chi connectivity index (χ1v) is 14.7. The maximum absolute atomic E-state index is 15.3. The fourth-order valence-corrected chi connectivity index (χ4v) is 5.32. The molecule has 2 N–H and O–H groups in total. The molecule has 0 unspecified atom stereocenters. The molecule has 1 aromatic carbocycles. The van der Waals surface area contributed by atoms with E-state index < -0.39 is 35.8 Å². The largest absolute Gasteiger partial charge is 0.480 e. The monoisotopic (exact) mass is 626 g/mol. The van der Waals surface area contributed by atoms with Gasteiger partial charge in [-0.05, 0) is 25.5 Å². The number of nitrogens with one attached hydrogen (secondary N) is 2. The first kappa shape index (κ1) is 31.5. The van der Waals surface area contributed by atoms with Gasteiger partial charge < -0.3 is 29.9 Å². The molecule has 240 valence electrons. The zero-order valence-electron chi connectivity index (χ0n) is 25.3. The van der Waals surface area contributed by atoms with Crippen molar-refractivity contribution in [3.8, 4) is 0 Å². The molecular weight excluding hydrogens is 590 g/mol. The van der Waals surface area contributed by atoms with Crippen molar-refractivity contribution in [2.24, 2.45) is 5.92 Å². The Morgan fingerprint density at radius 2 is 1.89 bits per heavy atom. The van der Waals surface area contributed by atoms with Crippen LogP contribution in [0.25, 0.3) is 5.78 Å². The van der Waals surface area contributed by atoms with Gasteiger partial charge in [0.1, 0.15) is 23.5 Å². The molecule has 0 radical (unpaired) electrons. The molecule has 2 saturated heterocycles. The fraction of sp³-hybridized carbons (Fsp3) is 0.433.